The Bertz CT molecular complexity index is 1090. The third kappa shape index (κ3) is 3.92. The van der Waals surface area contributed by atoms with E-state index in [-0.39, 0.29) is 17.3 Å². The zero-order chi connectivity index (χ0) is 21.4. The Morgan fingerprint density at radius 2 is 1.87 bits per heavy atom. The van der Waals surface area contributed by atoms with Crippen LogP contribution in [0.1, 0.15) is 47.3 Å². The van der Waals surface area contributed by atoms with E-state index in [1.165, 1.54) is 0 Å². The van der Waals surface area contributed by atoms with Gasteiger partial charge in [-0.05, 0) is 46.8 Å². The van der Waals surface area contributed by atoms with Gasteiger partial charge in [0.25, 0.3) is 5.95 Å². The van der Waals surface area contributed by atoms with Crippen molar-refractivity contribution in [3.05, 3.63) is 58.5 Å². The molecular formula is C22H25N5O2S. The van der Waals surface area contributed by atoms with Crippen LogP contribution >= 0.6 is 11.8 Å². The molecular weight excluding hydrogens is 398 g/mol. The molecule has 0 aliphatic carbocycles. The molecule has 3 aromatic rings. The molecule has 156 valence electrons. The predicted molar refractivity (Wildman–Crippen MR) is 119 cm³/mol. The number of aryl methyl sites for hydroxylation is 3. The van der Waals surface area contributed by atoms with Crippen molar-refractivity contribution in [1.82, 2.24) is 19.7 Å². The van der Waals surface area contributed by atoms with Gasteiger partial charge in [-0.25, -0.2) is 9.97 Å². The van der Waals surface area contributed by atoms with Crippen molar-refractivity contribution in [3.63, 3.8) is 0 Å². The molecule has 8 heteroatoms. The predicted octanol–water partition coefficient (Wildman–Crippen LogP) is 4.15. The number of nitrogens with zero attached hydrogens (tertiary/aromatic N) is 4. The van der Waals surface area contributed by atoms with Gasteiger partial charge in [0, 0.05) is 22.5 Å². The Balaban J connectivity index is 1.89. The molecule has 0 spiro atoms. The highest BCUT2D eigenvalue weighted by molar-refractivity contribution is 8.00. The lowest BCUT2D eigenvalue weighted by atomic mass is 10.0. The fourth-order valence-electron chi connectivity index (χ4n) is 3.63. The minimum Gasteiger partial charge on any atom is -0.491 e. The molecule has 1 atom stereocenters. The van der Waals surface area contributed by atoms with Crippen molar-refractivity contribution in [2.75, 3.05) is 11.1 Å². The van der Waals surface area contributed by atoms with Crippen LogP contribution in [0.5, 0.6) is 5.75 Å². The maximum atomic E-state index is 12.6. The number of para-hydroxylation sites is 1. The number of hydrogen-bond acceptors (Lipinski definition) is 6. The summed E-state index contributed by atoms with van der Waals surface area (Å²) in [5, 5.41) is 7.64. The van der Waals surface area contributed by atoms with Crippen LogP contribution in [-0.2, 0) is 4.79 Å². The number of hydrogen-bond donors (Lipinski definition) is 1. The van der Waals surface area contributed by atoms with E-state index >= 15 is 0 Å². The molecule has 1 aromatic carbocycles. The first-order valence-electron chi connectivity index (χ1n) is 9.92. The van der Waals surface area contributed by atoms with Gasteiger partial charge >= 0.3 is 0 Å². The minimum absolute atomic E-state index is 0.0497. The second kappa shape index (κ2) is 8.10. The number of ether oxygens (including phenoxy) is 1. The van der Waals surface area contributed by atoms with Crippen molar-refractivity contribution in [2.24, 2.45) is 0 Å². The van der Waals surface area contributed by atoms with E-state index in [9.17, 15) is 4.79 Å². The lowest BCUT2D eigenvalue weighted by Gasteiger charge is -2.20. The topological polar surface area (TPSA) is 81.9 Å². The van der Waals surface area contributed by atoms with Gasteiger partial charge in [-0.15, -0.1) is 11.8 Å². The number of amides is 1. The van der Waals surface area contributed by atoms with Gasteiger partial charge in [-0.1, -0.05) is 18.2 Å². The first-order valence-corrected chi connectivity index (χ1v) is 11.0. The summed E-state index contributed by atoms with van der Waals surface area (Å²) in [5.41, 5.74) is 4.50. The molecule has 7 nitrogen and oxygen atoms in total. The van der Waals surface area contributed by atoms with Gasteiger partial charge in [0.2, 0.25) is 5.91 Å². The zero-order valence-corrected chi connectivity index (χ0v) is 18.6. The molecule has 0 bridgehead atoms. The van der Waals surface area contributed by atoms with Gasteiger partial charge in [-0.2, -0.15) is 9.78 Å². The summed E-state index contributed by atoms with van der Waals surface area (Å²) in [6.45, 7) is 9.81. The van der Waals surface area contributed by atoms with Crippen molar-refractivity contribution in [3.8, 4) is 11.7 Å². The number of aromatic nitrogens is 4. The molecule has 1 aliphatic heterocycles. The first-order chi connectivity index (χ1) is 14.3. The lowest BCUT2D eigenvalue weighted by molar-refractivity contribution is -0.113. The number of carbonyl (C=O) groups is 1. The van der Waals surface area contributed by atoms with Crippen molar-refractivity contribution >= 4 is 23.5 Å². The van der Waals surface area contributed by atoms with Crippen LogP contribution in [-0.4, -0.2) is 37.5 Å². The van der Waals surface area contributed by atoms with Crippen molar-refractivity contribution in [2.45, 2.75) is 46.0 Å². The summed E-state index contributed by atoms with van der Waals surface area (Å²) >= 11 is 1.57. The second-order valence-corrected chi connectivity index (χ2v) is 8.75. The summed E-state index contributed by atoms with van der Waals surface area (Å²) in [7, 11) is 0. The van der Waals surface area contributed by atoms with Crippen LogP contribution in [0.2, 0.25) is 0 Å². The number of carbonyl (C=O) groups excluding carboxylic acids is 1. The van der Waals surface area contributed by atoms with E-state index in [0.29, 0.717) is 17.5 Å². The van der Waals surface area contributed by atoms with Crippen LogP contribution in [0.4, 0.5) is 5.82 Å². The van der Waals surface area contributed by atoms with Crippen LogP contribution in [0, 0.1) is 20.8 Å². The summed E-state index contributed by atoms with van der Waals surface area (Å²) in [5.74, 6) is 2.16. The van der Waals surface area contributed by atoms with Crippen molar-refractivity contribution < 1.29 is 9.53 Å². The summed E-state index contributed by atoms with van der Waals surface area (Å²) in [6.07, 6.45) is 0.0497. The van der Waals surface area contributed by atoms with Crippen LogP contribution in [0.15, 0.2) is 30.3 Å². The Morgan fingerprint density at radius 3 is 2.57 bits per heavy atom. The zero-order valence-electron chi connectivity index (χ0n) is 17.8. The SMILES string of the molecule is Cc1cc(C)nc(-n2nc(C)c3c2NC(=O)CS[C@H]3c2ccccc2OC(C)C)n1. The van der Waals surface area contributed by atoms with Crippen LogP contribution < -0.4 is 10.1 Å². The van der Waals surface area contributed by atoms with Gasteiger partial charge in [0.05, 0.1) is 22.8 Å². The number of anilines is 1. The first kappa shape index (κ1) is 20.4. The number of benzene rings is 1. The molecule has 1 amide bonds. The molecule has 0 fully saturated rings. The van der Waals surface area contributed by atoms with E-state index in [4.69, 9.17) is 9.84 Å². The van der Waals surface area contributed by atoms with Gasteiger partial charge in [-0.3, -0.25) is 4.79 Å². The second-order valence-electron chi connectivity index (χ2n) is 7.65. The van der Waals surface area contributed by atoms with E-state index < -0.39 is 0 Å². The van der Waals surface area contributed by atoms with E-state index in [1.54, 1.807) is 16.4 Å². The molecule has 0 saturated carbocycles. The Kier molecular flexibility index (Phi) is 5.51. The molecule has 2 aromatic heterocycles. The highest BCUT2D eigenvalue weighted by Gasteiger charge is 2.32. The highest BCUT2D eigenvalue weighted by atomic mass is 32.2. The van der Waals surface area contributed by atoms with E-state index in [1.807, 2.05) is 58.9 Å². The molecule has 1 aliphatic rings. The summed E-state index contributed by atoms with van der Waals surface area (Å²) in [6, 6.07) is 9.90. The Labute approximate surface area is 180 Å². The van der Waals surface area contributed by atoms with Crippen molar-refractivity contribution in [1.29, 1.82) is 0 Å². The Hall–Kier alpha value is -2.87. The average molecular weight is 424 g/mol. The normalized spacial score (nSPS) is 16.2. The fourth-order valence-corrected chi connectivity index (χ4v) is 4.85. The molecule has 4 rings (SSSR count). The number of rotatable bonds is 4. The van der Waals surface area contributed by atoms with Crippen LogP contribution in [0.3, 0.4) is 0 Å². The van der Waals surface area contributed by atoms with E-state index in [2.05, 4.69) is 21.4 Å². The quantitative estimate of drug-likeness (QED) is 0.679. The molecule has 0 saturated heterocycles. The molecule has 1 N–H and O–H groups in total. The summed E-state index contributed by atoms with van der Waals surface area (Å²) < 4.78 is 7.72. The molecule has 30 heavy (non-hydrogen) atoms. The maximum absolute atomic E-state index is 12.6. The molecule has 0 radical (unpaired) electrons. The molecule has 3 heterocycles. The van der Waals surface area contributed by atoms with Gasteiger partial charge in [0.15, 0.2) is 0 Å². The molecule has 0 unspecified atom stereocenters. The van der Waals surface area contributed by atoms with Crippen LogP contribution in [0.25, 0.3) is 5.95 Å². The third-order valence-electron chi connectivity index (χ3n) is 4.73. The standard InChI is InChI=1S/C22H25N5O2S/c1-12(2)29-17-9-7-6-8-16(17)20-19-15(5)26-27(21(19)25-18(28)11-30-20)22-23-13(3)10-14(4)24-22/h6-10,12,20H,11H2,1-5H3,(H,25,28)/t20-/m0/s1. The maximum Gasteiger partial charge on any atom is 0.252 e. The smallest absolute Gasteiger partial charge is 0.252 e. The van der Waals surface area contributed by atoms with E-state index in [0.717, 1.165) is 34.0 Å². The average Bonchev–Trinajstić information content (AvgIpc) is 2.87. The fraction of sp³-hybridized carbons (Fsp3) is 0.364. The lowest BCUT2D eigenvalue weighted by Crippen LogP contribution is -2.17. The number of nitrogens with one attached hydrogen (secondary N) is 1. The van der Waals surface area contributed by atoms with Gasteiger partial charge in [0.1, 0.15) is 11.6 Å². The minimum atomic E-state index is -0.103. The Morgan fingerprint density at radius 1 is 1.17 bits per heavy atom. The summed E-state index contributed by atoms with van der Waals surface area (Å²) in [4.78, 5) is 21.7. The largest absolute Gasteiger partial charge is 0.491 e. The number of fused-ring (bicyclic) bond motifs is 1. The third-order valence-corrected chi connectivity index (χ3v) is 5.98. The monoisotopic (exact) mass is 423 g/mol. The number of thioether (sulfide) groups is 1. The highest BCUT2D eigenvalue weighted by Crippen LogP contribution is 2.46. The van der Waals surface area contributed by atoms with Gasteiger partial charge < -0.3 is 10.1 Å².